The van der Waals surface area contributed by atoms with E-state index >= 15 is 0 Å². The topological polar surface area (TPSA) is 42.8 Å². The second-order valence-corrected chi connectivity index (χ2v) is 11.7. The Bertz CT molecular complexity index is 1580. The highest BCUT2D eigenvalue weighted by atomic mass is 79.9. The number of fused-ring (bicyclic) bond motifs is 3. The largest absolute Gasteiger partial charge is 0.493 e. The van der Waals surface area contributed by atoms with Gasteiger partial charge in [-0.3, -0.25) is 4.99 Å². The average Bonchev–Trinajstić information content (AvgIpc) is 3.47. The van der Waals surface area contributed by atoms with Crippen LogP contribution in [-0.2, 0) is 6.61 Å². The second-order valence-electron chi connectivity index (χ2n) is 10.4. The number of allylic oxidation sites excluding steroid dienone is 2. The maximum absolute atomic E-state index is 6.60. The summed E-state index contributed by atoms with van der Waals surface area (Å²) >= 11 is 10.1. The highest BCUT2D eigenvalue weighted by Crippen LogP contribution is 2.50. The van der Waals surface area contributed by atoms with Gasteiger partial charge >= 0.3 is 0 Å². The molecule has 0 spiro atoms. The summed E-state index contributed by atoms with van der Waals surface area (Å²) in [7, 11) is 1.61. The van der Waals surface area contributed by atoms with Crippen molar-refractivity contribution < 1.29 is 9.47 Å². The first kappa shape index (κ1) is 26.7. The molecule has 1 N–H and O–H groups in total. The molecule has 202 valence electrons. The molecule has 1 aliphatic heterocycles. The van der Waals surface area contributed by atoms with Crippen molar-refractivity contribution in [1.82, 2.24) is 0 Å². The zero-order chi connectivity index (χ0) is 27.6. The smallest absolute Gasteiger partial charge is 0.180 e. The van der Waals surface area contributed by atoms with E-state index in [2.05, 4.69) is 82.8 Å². The van der Waals surface area contributed by atoms with E-state index in [9.17, 15) is 0 Å². The number of hydrogen-bond acceptors (Lipinski definition) is 4. The van der Waals surface area contributed by atoms with Gasteiger partial charge in [0, 0.05) is 22.3 Å². The van der Waals surface area contributed by atoms with Crippen LogP contribution in [-0.4, -0.2) is 13.3 Å². The molecule has 0 fully saturated rings. The van der Waals surface area contributed by atoms with Gasteiger partial charge in [-0.15, -0.1) is 0 Å². The fraction of sp³-hybridized carbons (Fsp3) is 0.206. The van der Waals surface area contributed by atoms with Crippen molar-refractivity contribution >= 4 is 45.1 Å². The van der Waals surface area contributed by atoms with Crippen LogP contribution in [0.2, 0.25) is 5.02 Å². The van der Waals surface area contributed by atoms with Crippen molar-refractivity contribution in [2.45, 2.75) is 31.9 Å². The van der Waals surface area contributed by atoms with Gasteiger partial charge < -0.3 is 14.8 Å². The lowest BCUT2D eigenvalue weighted by Gasteiger charge is -2.37. The zero-order valence-corrected chi connectivity index (χ0v) is 24.7. The third kappa shape index (κ3) is 5.54. The monoisotopic (exact) mass is 612 g/mol. The van der Waals surface area contributed by atoms with Crippen LogP contribution in [0.25, 0.3) is 0 Å². The van der Waals surface area contributed by atoms with E-state index in [1.165, 1.54) is 22.4 Å². The fourth-order valence-corrected chi connectivity index (χ4v) is 6.19. The minimum absolute atomic E-state index is 0.265. The molecule has 6 rings (SSSR count). The first-order chi connectivity index (χ1) is 19.5. The molecule has 6 heteroatoms. The number of aliphatic imine (C=N–C) groups is 1. The number of nitrogens with one attached hydrogen (secondary N) is 1. The first-order valence-electron chi connectivity index (χ1n) is 13.4. The average molecular weight is 614 g/mol. The molecular formula is C34H30BrClN2O2. The van der Waals surface area contributed by atoms with Gasteiger partial charge in [-0.05, 0) is 84.0 Å². The van der Waals surface area contributed by atoms with Crippen molar-refractivity contribution in [1.29, 1.82) is 0 Å². The van der Waals surface area contributed by atoms with Gasteiger partial charge in [0.05, 0.1) is 23.9 Å². The maximum atomic E-state index is 6.60. The molecule has 0 saturated carbocycles. The molecule has 0 saturated heterocycles. The first-order valence-corrected chi connectivity index (χ1v) is 14.6. The molecule has 2 aliphatic rings. The van der Waals surface area contributed by atoms with E-state index in [1.54, 1.807) is 13.3 Å². The van der Waals surface area contributed by atoms with Gasteiger partial charge in [0.1, 0.15) is 6.61 Å². The van der Waals surface area contributed by atoms with Gasteiger partial charge in [-0.25, -0.2) is 0 Å². The summed E-state index contributed by atoms with van der Waals surface area (Å²) in [5.74, 6) is 2.06. The number of halogens is 2. The Kier molecular flexibility index (Phi) is 7.68. The zero-order valence-electron chi connectivity index (χ0n) is 22.4. The maximum Gasteiger partial charge on any atom is 0.180 e. The van der Waals surface area contributed by atoms with Gasteiger partial charge in [0.25, 0.3) is 0 Å². The predicted octanol–water partition coefficient (Wildman–Crippen LogP) is 9.58. The normalized spacial score (nSPS) is 19.2. The SMILES string of the molecule is COc1cc(C=Nc2ccc([C@@H]3Nc4ccc(C)cc4[C@H]4C=CC[C@H]43)cc2)cc(Cl)c1OCc1ccc(Br)cc1. The second kappa shape index (κ2) is 11.5. The Morgan fingerprint density at radius 1 is 1.02 bits per heavy atom. The molecule has 0 unspecified atom stereocenters. The summed E-state index contributed by atoms with van der Waals surface area (Å²) in [6.45, 7) is 2.55. The van der Waals surface area contributed by atoms with Crippen molar-refractivity contribution in [2.75, 3.05) is 12.4 Å². The standard InChI is InChI=1S/C34H30BrClN2O2/c1-21-6-15-31-29(16-21)27-4-3-5-28(27)33(38-31)24-9-13-26(14-10-24)37-19-23-17-30(36)34(32(18-23)39-2)40-20-22-7-11-25(35)12-8-22/h3-4,6-19,27-28,33,38H,5,20H2,1-2H3/t27-,28+,33-/m0/s1. The van der Waals surface area contributed by atoms with Crippen LogP contribution in [0, 0.1) is 12.8 Å². The van der Waals surface area contributed by atoms with Crippen molar-refractivity contribution in [3.05, 3.63) is 128 Å². The van der Waals surface area contributed by atoms with Gasteiger partial charge in [-0.1, -0.05) is 81.6 Å². The Morgan fingerprint density at radius 3 is 2.60 bits per heavy atom. The van der Waals surface area contributed by atoms with Crippen LogP contribution in [0.3, 0.4) is 0 Å². The summed E-state index contributed by atoms with van der Waals surface area (Å²) < 4.78 is 12.6. The van der Waals surface area contributed by atoms with E-state index in [-0.39, 0.29) is 6.04 Å². The molecule has 1 heterocycles. The lowest BCUT2D eigenvalue weighted by atomic mass is 9.76. The Labute approximate surface area is 248 Å². The number of rotatable bonds is 7. The number of ether oxygens (including phenoxy) is 2. The van der Waals surface area contributed by atoms with E-state index < -0.39 is 0 Å². The molecule has 0 radical (unpaired) electrons. The Balaban J connectivity index is 1.16. The van der Waals surface area contributed by atoms with Crippen molar-refractivity contribution in [2.24, 2.45) is 10.9 Å². The number of nitrogens with zero attached hydrogens (tertiary/aromatic N) is 1. The Hall–Kier alpha value is -3.54. The highest BCUT2D eigenvalue weighted by Gasteiger charge is 2.37. The van der Waals surface area contributed by atoms with Crippen LogP contribution in [0.15, 0.2) is 100 Å². The Morgan fingerprint density at radius 2 is 1.82 bits per heavy atom. The van der Waals surface area contributed by atoms with Crippen LogP contribution < -0.4 is 14.8 Å². The fourth-order valence-electron chi connectivity index (χ4n) is 5.65. The predicted molar refractivity (Wildman–Crippen MR) is 168 cm³/mol. The molecule has 0 aromatic heterocycles. The molecule has 3 atom stereocenters. The van der Waals surface area contributed by atoms with E-state index in [0.717, 1.165) is 27.7 Å². The minimum atomic E-state index is 0.265. The van der Waals surface area contributed by atoms with Crippen LogP contribution in [0.1, 0.15) is 46.2 Å². The summed E-state index contributed by atoms with van der Waals surface area (Å²) in [5, 5.41) is 4.29. The van der Waals surface area contributed by atoms with Crippen LogP contribution >= 0.6 is 27.5 Å². The van der Waals surface area contributed by atoms with Crippen molar-refractivity contribution in [3.8, 4) is 11.5 Å². The summed E-state index contributed by atoms with van der Waals surface area (Å²) in [4.78, 5) is 4.71. The highest BCUT2D eigenvalue weighted by molar-refractivity contribution is 9.10. The van der Waals surface area contributed by atoms with Gasteiger partial charge in [0.2, 0.25) is 0 Å². The van der Waals surface area contributed by atoms with Crippen LogP contribution in [0.4, 0.5) is 11.4 Å². The third-order valence-electron chi connectivity index (χ3n) is 7.68. The summed E-state index contributed by atoms with van der Waals surface area (Å²) in [6, 6.07) is 27.2. The molecule has 0 bridgehead atoms. The van der Waals surface area contributed by atoms with Gasteiger partial charge in [-0.2, -0.15) is 0 Å². The van der Waals surface area contributed by atoms with E-state index in [0.29, 0.717) is 35.0 Å². The number of benzene rings is 4. The molecule has 4 aromatic rings. The number of hydrogen-bond donors (Lipinski definition) is 1. The molecule has 0 amide bonds. The van der Waals surface area contributed by atoms with Crippen LogP contribution in [0.5, 0.6) is 11.5 Å². The van der Waals surface area contributed by atoms with E-state index in [1.807, 2.05) is 36.4 Å². The minimum Gasteiger partial charge on any atom is -0.493 e. The summed E-state index contributed by atoms with van der Waals surface area (Å²) in [6.07, 6.45) is 7.60. The summed E-state index contributed by atoms with van der Waals surface area (Å²) in [5.41, 5.74) is 7.99. The molecule has 40 heavy (non-hydrogen) atoms. The number of methoxy groups -OCH3 is 1. The third-order valence-corrected chi connectivity index (χ3v) is 8.49. The number of aryl methyl sites for hydroxylation is 1. The van der Waals surface area contributed by atoms with Crippen molar-refractivity contribution in [3.63, 3.8) is 0 Å². The molecule has 4 nitrogen and oxygen atoms in total. The lowest BCUT2D eigenvalue weighted by molar-refractivity contribution is 0.284. The molecule has 4 aromatic carbocycles. The molecule has 1 aliphatic carbocycles. The van der Waals surface area contributed by atoms with E-state index in [4.69, 9.17) is 26.1 Å². The van der Waals surface area contributed by atoms with Gasteiger partial charge in [0.15, 0.2) is 11.5 Å². The number of anilines is 1. The molecular weight excluding hydrogens is 584 g/mol. The quantitative estimate of drug-likeness (QED) is 0.167. The lowest BCUT2D eigenvalue weighted by Crippen LogP contribution is -2.29.